The largest absolute Gasteiger partial charge is 0.313 e. The lowest BCUT2D eigenvalue weighted by molar-refractivity contribution is 0.0644. The third-order valence-corrected chi connectivity index (χ3v) is 5.63. The molecule has 1 N–H and O–H groups in total. The minimum atomic E-state index is 0.727. The summed E-state index contributed by atoms with van der Waals surface area (Å²) in [7, 11) is 2.40. The average molecular weight is 266 g/mol. The topological polar surface area (TPSA) is 15.3 Å². The zero-order valence-electron chi connectivity index (χ0n) is 13.5. The Morgan fingerprint density at radius 3 is 2.21 bits per heavy atom. The molecule has 3 atom stereocenters. The molecule has 112 valence electrons. The summed E-state index contributed by atoms with van der Waals surface area (Å²) < 4.78 is 0. The normalized spacial score (nSPS) is 40.6. The predicted octanol–water partition coefficient (Wildman–Crippen LogP) is 3.66. The van der Waals surface area contributed by atoms with Crippen LogP contribution in [0.15, 0.2) is 0 Å². The van der Waals surface area contributed by atoms with Crippen LogP contribution >= 0.6 is 0 Å². The maximum atomic E-state index is 3.74. The second-order valence-electron chi connectivity index (χ2n) is 7.23. The zero-order chi connectivity index (χ0) is 13.8. The number of nitrogens with zero attached hydrogens (tertiary/aromatic N) is 1. The molecule has 0 aromatic carbocycles. The zero-order valence-corrected chi connectivity index (χ0v) is 13.5. The van der Waals surface area contributed by atoms with E-state index >= 15 is 0 Å². The third kappa shape index (κ3) is 3.95. The van der Waals surface area contributed by atoms with Crippen LogP contribution in [0.25, 0.3) is 0 Å². The molecule has 0 radical (unpaired) electrons. The van der Waals surface area contributed by atoms with Crippen molar-refractivity contribution in [2.45, 2.75) is 83.8 Å². The quantitative estimate of drug-likeness (QED) is 0.835. The summed E-state index contributed by atoms with van der Waals surface area (Å²) >= 11 is 0. The number of hydrogen-bond donors (Lipinski definition) is 1. The summed E-state index contributed by atoms with van der Waals surface area (Å²) in [6, 6.07) is 2.33. The lowest BCUT2D eigenvalue weighted by Crippen LogP contribution is -2.55. The molecule has 0 saturated heterocycles. The minimum absolute atomic E-state index is 0.727. The highest BCUT2D eigenvalue weighted by Crippen LogP contribution is 2.33. The first-order chi connectivity index (χ1) is 9.11. The van der Waals surface area contributed by atoms with E-state index in [0.717, 1.165) is 36.5 Å². The van der Waals surface area contributed by atoms with Crippen LogP contribution in [0.5, 0.6) is 0 Å². The van der Waals surface area contributed by atoms with Gasteiger partial charge in [-0.05, 0) is 70.4 Å². The van der Waals surface area contributed by atoms with Crippen molar-refractivity contribution in [1.82, 2.24) is 10.2 Å². The van der Waals surface area contributed by atoms with Gasteiger partial charge < -0.3 is 5.32 Å². The van der Waals surface area contributed by atoms with Gasteiger partial charge in [-0.1, -0.05) is 20.8 Å². The molecule has 19 heavy (non-hydrogen) atoms. The monoisotopic (exact) mass is 266 g/mol. The van der Waals surface area contributed by atoms with Crippen LogP contribution < -0.4 is 5.32 Å². The highest BCUT2D eigenvalue weighted by Gasteiger charge is 2.34. The first-order valence-electron chi connectivity index (χ1n) is 8.57. The maximum absolute atomic E-state index is 3.74. The second kappa shape index (κ2) is 7.08. The van der Waals surface area contributed by atoms with E-state index in [1.54, 1.807) is 0 Å². The van der Waals surface area contributed by atoms with Gasteiger partial charge in [0, 0.05) is 18.1 Å². The van der Waals surface area contributed by atoms with Crippen molar-refractivity contribution in [3.8, 4) is 0 Å². The van der Waals surface area contributed by atoms with E-state index < -0.39 is 0 Å². The van der Waals surface area contributed by atoms with E-state index in [2.05, 4.69) is 38.0 Å². The van der Waals surface area contributed by atoms with Gasteiger partial charge in [0.05, 0.1) is 0 Å². The third-order valence-electron chi connectivity index (χ3n) is 5.63. The van der Waals surface area contributed by atoms with Crippen LogP contribution in [0.3, 0.4) is 0 Å². The number of likely N-dealkylation sites (N-methyl/N-ethyl adjacent to an activating group) is 2. The van der Waals surface area contributed by atoms with Crippen LogP contribution in [0, 0.1) is 11.8 Å². The van der Waals surface area contributed by atoms with Crippen LogP contribution in [0.4, 0.5) is 0 Å². The van der Waals surface area contributed by atoms with Crippen molar-refractivity contribution in [3.63, 3.8) is 0 Å². The van der Waals surface area contributed by atoms with Gasteiger partial charge >= 0.3 is 0 Å². The molecule has 0 aliphatic heterocycles. The summed E-state index contributed by atoms with van der Waals surface area (Å²) in [6.45, 7) is 8.22. The van der Waals surface area contributed by atoms with E-state index in [-0.39, 0.29) is 0 Å². The molecule has 0 heterocycles. The Morgan fingerprint density at radius 1 is 0.947 bits per heavy atom. The van der Waals surface area contributed by atoms with Crippen molar-refractivity contribution < 1.29 is 0 Å². The minimum Gasteiger partial charge on any atom is -0.313 e. The number of hydrogen-bond acceptors (Lipinski definition) is 2. The van der Waals surface area contributed by atoms with Crippen molar-refractivity contribution >= 4 is 0 Å². The first kappa shape index (κ1) is 15.3. The Labute approximate surface area is 120 Å². The van der Waals surface area contributed by atoms with Gasteiger partial charge in [0.25, 0.3) is 0 Å². The van der Waals surface area contributed by atoms with E-state index in [0.29, 0.717) is 0 Å². The van der Waals surface area contributed by atoms with Crippen molar-refractivity contribution in [2.75, 3.05) is 13.6 Å². The van der Waals surface area contributed by atoms with Crippen molar-refractivity contribution in [3.05, 3.63) is 0 Å². The molecule has 2 fully saturated rings. The highest BCUT2D eigenvalue weighted by atomic mass is 15.2. The maximum Gasteiger partial charge on any atom is 0.0251 e. The highest BCUT2D eigenvalue weighted by molar-refractivity contribution is 4.92. The van der Waals surface area contributed by atoms with Crippen LogP contribution in [0.1, 0.15) is 65.7 Å². The van der Waals surface area contributed by atoms with Gasteiger partial charge in [0.2, 0.25) is 0 Å². The molecule has 0 aromatic rings. The summed E-state index contributed by atoms with van der Waals surface area (Å²) in [5.41, 5.74) is 0. The van der Waals surface area contributed by atoms with E-state index in [1.165, 1.54) is 44.9 Å². The molecule has 0 aromatic heterocycles. The standard InChI is InChI=1S/C17H34N2/c1-5-18-16-11-8-14(3)12-17(16)19(4)15-9-6-13(2)7-10-15/h13-18H,5-12H2,1-4H3. The fraction of sp³-hybridized carbons (Fsp3) is 1.00. The molecule has 2 heteroatoms. The van der Waals surface area contributed by atoms with E-state index in [9.17, 15) is 0 Å². The molecular formula is C17H34N2. The van der Waals surface area contributed by atoms with Crippen molar-refractivity contribution in [1.29, 1.82) is 0 Å². The molecule has 2 nitrogen and oxygen atoms in total. The molecule has 0 bridgehead atoms. The smallest absolute Gasteiger partial charge is 0.0251 e. The Hall–Kier alpha value is -0.0800. The Kier molecular flexibility index (Phi) is 5.70. The van der Waals surface area contributed by atoms with E-state index in [1.807, 2.05) is 0 Å². The molecular weight excluding hydrogens is 232 g/mol. The van der Waals surface area contributed by atoms with E-state index in [4.69, 9.17) is 0 Å². The van der Waals surface area contributed by atoms with Crippen molar-refractivity contribution in [2.24, 2.45) is 11.8 Å². The Balaban J connectivity index is 1.95. The Morgan fingerprint density at radius 2 is 1.58 bits per heavy atom. The second-order valence-corrected chi connectivity index (χ2v) is 7.23. The lowest BCUT2D eigenvalue weighted by atomic mass is 9.80. The summed E-state index contributed by atoms with van der Waals surface area (Å²) in [4.78, 5) is 2.74. The van der Waals surface area contributed by atoms with Gasteiger partial charge in [-0.25, -0.2) is 0 Å². The van der Waals surface area contributed by atoms with Gasteiger partial charge in [0.15, 0.2) is 0 Å². The number of rotatable bonds is 4. The molecule has 2 rings (SSSR count). The summed E-state index contributed by atoms with van der Waals surface area (Å²) in [5, 5.41) is 3.74. The van der Waals surface area contributed by atoms with Gasteiger partial charge in [-0.3, -0.25) is 4.90 Å². The molecule has 2 saturated carbocycles. The predicted molar refractivity (Wildman–Crippen MR) is 83.5 cm³/mol. The molecule has 0 amide bonds. The molecule has 2 aliphatic carbocycles. The van der Waals surface area contributed by atoms with Gasteiger partial charge in [-0.2, -0.15) is 0 Å². The van der Waals surface area contributed by atoms with Gasteiger partial charge in [-0.15, -0.1) is 0 Å². The molecule has 2 aliphatic rings. The Bertz CT molecular complexity index is 258. The average Bonchev–Trinajstić information content (AvgIpc) is 2.41. The summed E-state index contributed by atoms with van der Waals surface area (Å²) in [6.07, 6.45) is 9.87. The van der Waals surface area contributed by atoms with Gasteiger partial charge in [0.1, 0.15) is 0 Å². The first-order valence-corrected chi connectivity index (χ1v) is 8.57. The number of nitrogens with one attached hydrogen (secondary N) is 1. The molecule has 3 unspecified atom stereocenters. The summed E-state index contributed by atoms with van der Waals surface area (Å²) in [5.74, 6) is 1.87. The SMILES string of the molecule is CCNC1CCC(C)CC1N(C)C1CCC(C)CC1. The lowest BCUT2D eigenvalue weighted by Gasteiger charge is -2.45. The fourth-order valence-corrected chi connectivity index (χ4v) is 4.22. The van der Waals surface area contributed by atoms with Crippen LogP contribution in [-0.4, -0.2) is 36.6 Å². The van der Waals surface area contributed by atoms with Crippen LogP contribution in [-0.2, 0) is 0 Å². The fourth-order valence-electron chi connectivity index (χ4n) is 4.22. The van der Waals surface area contributed by atoms with Crippen LogP contribution in [0.2, 0.25) is 0 Å². The molecule has 0 spiro atoms.